The second-order valence-corrected chi connectivity index (χ2v) is 3.35. The van der Waals surface area contributed by atoms with Gasteiger partial charge in [0.1, 0.15) is 16.6 Å². The molecule has 6 heteroatoms. The normalized spacial score (nSPS) is 8.92. The van der Waals surface area contributed by atoms with Crippen LogP contribution in [-0.4, -0.2) is 16.1 Å². The quantitative estimate of drug-likeness (QED) is 0.559. The van der Waals surface area contributed by atoms with Crippen molar-refractivity contribution in [1.29, 1.82) is 5.26 Å². The topological polar surface area (TPSA) is 78.7 Å². The van der Waals surface area contributed by atoms with Crippen LogP contribution < -0.4 is 5.32 Å². The summed E-state index contributed by atoms with van der Waals surface area (Å²) in [6.07, 6.45) is 0. The smallest absolute Gasteiger partial charge is 0.267 e. The van der Waals surface area contributed by atoms with E-state index in [9.17, 15) is 4.79 Å². The second-order valence-electron chi connectivity index (χ2n) is 2.17. The Morgan fingerprint density at radius 3 is 2.85 bits per heavy atom. The Balaban J connectivity index is 2.66. The van der Waals surface area contributed by atoms with Crippen molar-refractivity contribution in [3.63, 3.8) is 0 Å². The predicted molar refractivity (Wildman–Crippen MR) is 48.0 cm³/mol. The van der Waals surface area contributed by atoms with Crippen LogP contribution in [-0.2, 0) is 4.79 Å². The molecule has 0 saturated heterocycles. The third-order valence-corrected chi connectivity index (χ3v) is 1.91. The molecule has 0 bridgehead atoms. The molecule has 13 heavy (non-hydrogen) atoms. The first-order chi connectivity index (χ1) is 6.13. The zero-order chi connectivity index (χ0) is 9.84. The van der Waals surface area contributed by atoms with Gasteiger partial charge in [0.15, 0.2) is 0 Å². The first-order valence-electron chi connectivity index (χ1n) is 3.34. The number of nitrogens with one attached hydrogen (secondary N) is 1. The highest BCUT2D eigenvalue weighted by molar-refractivity contribution is 7.15. The van der Waals surface area contributed by atoms with Crippen LogP contribution in [0.3, 0.4) is 0 Å². The lowest BCUT2D eigenvalue weighted by molar-refractivity contribution is -0.112. The molecule has 0 unspecified atom stereocenters. The number of nitriles is 1. The number of carbonyl (C=O) groups excluding carboxylic acids is 1. The Kier molecular flexibility index (Phi) is 2.72. The van der Waals surface area contributed by atoms with Gasteiger partial charge in [0.2, 0.25) is 5.13 Å². The zero-order valence-corrected chi connectivity index (χ0v) is 7.68. The van der Waals surface area contributed by atoms with Crippen LogP contribution in [0.15, 0.2) is 12.2 Å². The number of anilines is 1. The molecule has 0 saturated carbocycles. The summed E-state index contributed by atoms with van der Waals surface area (Å²) < 4.78 is 0. The Bertz CT molecular complexity index is 389. The standard InChI is InChI=1S/C7H6N4OS/c1-4(3-8)6(12)9-7-11-10-5(2)13-7/h1H2,2H3,(H,9,11,12). The Morgan fingerprint density at radius 1 is 1.69 bits per heavy atom. The molecule has 0 aliphatic heterocycles. The lowest BCUT2D eigenvalue weighted by atomic mass is 10.3. The van der Waals surface area contributed by atoms with E-state index >= 15 is 0 Å². The van der Waals surface area contributed by atoms with Gasteiger partial charge in [-0.2, -0.15) is 5.26 Å². The molecule has 1 heterocycles. The molecule has 0 aliphatic rings. The first-order valence-corrected chi connectivity index (χ1v) is 4.15. The minimum absolute atomic E-state index is 0.146. The van der Waals surface area contributed by atoms with E-state index in [-0.39, 0.29) is 5.57 Å². The van der Waals surface area contributed by atoms with Crippen molar-refractivity contribution in [2.45, 2.75) is 6.92 Å². The fourth-order valence-electron chi connectivity index (χ4n) is 0.570. The fraction of sp³-hybridized carbons (Fsp3) is 0.143. The maximum Gasteiger partial charge on any atom is 0.267 e. The molecule has 0 spiro atoms. The van der Waals surface area contributed by atoms with Crippen molar-refractivity contribution in [3.8, 4) is 6.07 Å². The van der Waals surface area contributed by atoms with Gasteiger partial charge in [0.05, 0.1) is 0 Å². The number of hydrogen-bond acceptors (Lipinski definition) is 5. The first kappa shape index (κ1) is 9.35. The molecule has 1 aromatic rings. The van der Waals surface area contributed by atoms with E-state index in [1.165, 1.54) is 11.3 Å². The lowest BCUT2D eigenvalue weighted by Crippen LogP contribution is -2.12. The van der Waals surface area contributed by atoms with E-state index in [0.717, 1.165) is 5.01 Å². The highest BCUT2D eigenvalue weighted by Gasteiger charge is 2.08. The third-order valence-electron chi connectivity index (χ3n) is 1.16. The van der Waals surface area contributed by atoms with Gasteiger partial charge in [-0.25, -0.2) is 0 Å². The number of carbonyl (C=O) groups is 1. The summed E-state index contributed by atoms with van der Waals surface area (Å²) >= 11 is 1.24. The minimum atomic E-state index is -0.543. The molecule has 5 nitrogen and oxygen atoms in total. The van der Waals surface area contributed by atoms with Crippen LogP contribution in [0, 0.1) is 18.3 Å². The number of aromatic nitrogens is 2. The number of hydrogen-bond donors (Lipinski definition) is 1. The third kappa shape index (κ3) is 2.35. The van der Waals surface area contributed by atoms with Crippen molar-refractivity contribution < 1.29 is 4.79 Å². The molecule has 1 rings (SSSR count). The molecule has 0 atom stereocenters. The number of amides is 1. The molecule has 0 radical (unpaired) electrons. The van der Waals surface area contributed by atoms with Crippen molar-refractivity contribution >= 4 is 22.4 Å². The van der Waals surface area contributed by atoms with Crippen molar-refractivity contribution in [1.82, 2.24) is 10.2 Å². The molecule has 0 aliphatic carbocycles. The van der Waals surface area contributed by atoms with Crippen LogP contribution in [0.1, 0.15) is 5.01 Å². The maximum atomic E-state index is 11.1. The molecule has 1 aromatic heterocycles. The average molecular weight is 194 g/mol. The minimum Gasteiger partial charge on any atom is -0.296 e. The van der Waals surface area contributed by atoms with Gasteiger partial charge in [0.25, 0.3) is 5.91 Å². The second kappa shape index (κ2) is 3.78. The van der Waals surface area contributed by atoms with Crippen molar-refractivity contribution in [2.24, 2.45) is 0 Å². The van der Waals surface area contributed by atoms with Gasteiger partial charge < -0.3 is 0 Å². The van der Waals surface area contributed by atoms with E-state index in [4.69, 9.17) is 5.26 Å². The largest absolute Gasteiger partial charge is 0.296 e. The lowest BCUT2D eigenvalue weighted by Gasteiger charge is -1.95. The Morgan fingerprint density at radius 2 is 2.38 bits per heavy atom. The Labute approximate surface area is 78.7 Å². The van der Waals surface area contributed by atoms with Crippen LogP contribution in [0.4, 0.5) is 5.13 Å². The van der Waals surface area contributed by atoms with Crippen LogP contribution in [0.2, 0.25) is 0 Å². The molecule has 1 N–H and O–H groups in total. The molecule has 66 valence electrons. The number of nitrogens with zero attached hydrogens (tertiary/aromatic N) is 3. The summed E-state index contributed by atoms with van der Waals surface area (Å²) in [6.45, 7) is 5.03. The molecule has 1 amide bonds. The van der Waals surface area contributed by atoms with Gasteiger partial charge in [-0.15, -0.1) is 10.2 Å². The maximum absolute atomic E-state index is 11.1. The van der Waals surface area contributed by atoms with Gasteiger partial charge in [-0.1, -0.05) is 17.9 Å². The molecule has 0 aromatic carbocycles. The van der Waals surface area contributed by atoms with Gasteiger partial charge >= 0.3 is 0 Å². The monoisotopic (exact) mass is 194 g/mol. The highest BCUT2D eigenvalue weighted by atomic mass is 32.1. The summed E-state index contributed by atoms with van der Waals surface area (Å²) in [5.74, 6) is -0.543. The zero-order valence-electron chi connectivity index (χ0n) is 6.87. The average Bonchev–Trinajstić information content (AvgIpc) is 2.49. The van der Waals surface area contributed by atoms with E-state index in [0.29, 0.717) is 5.13 Å². The van der Waals surface area contributed by atoms with Gasteiger partial charge in [-0.05, 0) is 6.92 Å². The van der Waals surface area contributed by atoms with E-state index in [2.05, 4.69) is 22.1 Å². The van der Waals surface area contributed by atoms with Crippen LogP contribution in [0.25, 0.3) is 0 Å². The van der Waals surface area contributed by atoms with Crippen molar-refractivity contribution in [3.05, 3.63) is 17.2 Å². The predicted octanol–water partition coefficient (Wildman–Crippen LogP) is 0.865. The summed E-state index contributed by atoms with van der Waals surface area (Å²) in [6, 6.07) is 1.64. The van der Waals surface area contributed by atoms with E-state index in [1.54, 1.807) is 13.0 Å². The molecule has 0 fully saturated rings. The van der Waals surface area contributed by atoms with Crippen molar-refractivity contribution in [2.75, 3.05) is 5.32 Å². The molecular formula is C7H6N4OS. The van der Waals surface area contributed by atoms with Gasteiger partial charge in [0, 0.05) is 0 Å². The fourth-order valence-corrected chi connectivity index (χ4v) is 1.16. The van der Waals surface area contributed by atoms with E-state index in [1.807, 2.05) is 0 Å². The van der Waals surface area contributed by atoms with Crippen LogP contribution >= 0.6 is 11.3 Å². The number of aryl methyl sites for hydroxylation is 1. The van der Waals surface area contributed by atoms with Crippen LogP contribution in [0.5, 0.6) is 0 Å². The summed E-state index contributed by atoms with van der Waals surface area (Å²) in [4.78, 5) is 11.1. The van der Waals surface area contributed by atoms with Gasteiger partial charge in [-0.3, -0.25) is 10.1 Å². The number of rotatable bonds is 2. The highest BCUT2D eigenvalue weighted by Crippen LogP contribution is 2.13. The SMILES string of the molecule is C=C(C#N)C(=O)Nc1nnc(C)s1. The summed E-state index contributed by atoms with van der Waals surface area (Å²) in [7, 11) is 0. The summed E-state index contributed by atoms with van der Waals surface area (Å²) in [5.41, 5.74) is -0.146. The summed E-state index contributed by atoms with van der Waals surface area (Å²) in [5, 5.41) is 19.2. The van der Waals surface area contributed by atoms with E-state index < -0.39 is 5.91 Å². The molecular weight excluding hydrogens is 188 g/mol. The Hall–Kier alpha value is -1.74.